The first-order chi connectivity index (χ1) is 31.2. The van der Waals surface area contributed by atoms with Crippen molar-refractivity contribution in [1.29, 1.82) is 0 Å². The first-order valence-electron chi connectivity index (χ1n) is 25.6. The van der Waals surface area contributed by atoms with E-state index in [1.807, 2.05) is 36.4 Å². The number of pyridine rings is 1. The van der Waals surface area contributed by atoms with Crippen molar-refractivity contribution in [3.05, 3.63) is 46.6 Å². The van der Waals surface area contributed by atoms with Gasteiger partial charge in [-0.1, -0.05) is 103 Å². The number of rotatable bonds is 26. The highest BCUT2D eigenvalue weighted by molar-refractivity contribution is 5.92. The number of aryl methyl sites for hydroxylation is 1. The lowest BCUT2D eigenvalue weighted by Crippen LogP contribution is -2.29. The Labute approximate surface area is 378 Å². The molecule has 350 valence electrons. The van der Waals surface area contributed by atoms with Gasteiger partial charge < -0.3 is 42.5 Å². The highest BCUT2D eigenvalue weighted by Crippen LogP contribution is 2.40. The number of hydrogen-bond donors (Lipinski definition) is 0. The fourth-order valence-electron chi connectivity index (χ4n) is 9.57. The Morgan fingerprint density at radius 1 is 0.508 bits per heavy atom. The lowest BCUT2D eigenvalue weighted by Gasteiger charge is -2.29. The summed E-state index contributed by atoms with van der Waals surface area (Å²) in [6.45, 7) is 5.59. The van der Waals surface area contributed by atoms with E-state index in [0.29, 0.717) is 49.9 Å². The van der Waals surface area contributed by atoms with Crippen LogP contribution in [0.15, 0.2) is 41.2 Å². The van der Waals surface area contributed by atoms with Gasteiger partial charge >= 0.3 is 0 Å². The summed E-state index contributed by atoms with van der Waals surface area (Å²) in [6.07, 6.45) is 30.7. The van der Waals surface area contributed by atoms with E-state index in [2.05, 4.69) is 11.5 Å². The predicted octanol–water partition coefficient (Wildman–Crippen LogP) is 13.6. The van der Waals surface area contributed by atoms with Crippen molar-refractivity contribution < 1.29 is 37.9 Å². The maximum atomic E-state index is 15.2. The molecule has 0 bridgehead atoms. The van der Waals surface area contributed by atoms with Crippen molar-refractivity contribution in [2.75, 3.05) is 26.4 Å². The molecule has 10 nitrogen and oxygen atoms in total. The van der Waals surface area contributed by atoms with Crippen LogP contribution in [0.25, 0.3) is 22.2 Å². The van der Waals surface area contributed by atoms with E-state index < -0.39 is 12.6 Å². The third-order valence-electron chi connectivity index (χ3n) is 13.2. The Bertz CT molecular complexity index is 1800. The van der Waals surface area contributed by atoms with E-state index in [-0.39, 0.29) is 23.8 Å². The zero-order valence-corrected chi connectivity index (χ0v) is 38.7. The average molecular weight is 874 g/mol. The Hall–Kier alpha value is -3.31. The summed E-state index contributed by atoms with van der Waals surface area (Å²) in [7, 11) is 0. The second-order valence-corrected chi connectivity index (χ2v) is 18.5. The largest absolute Gasteiger partial charge is 0.465 e. The minimum atomic E-state index is -0.519. The van der Waals surface area contributed by atoms with Gasteiger partial charge in [-0.15, -0.1) is 0 Å². The molecule has 10 heteroatoms. The number of hydrogen-bond acceptors (Lipinski definition) is 9. The summed E-state index contributed by atoms with van der Waals surface area (Å²) in [5, 5.41) is 0.474. The minimum absolute atomic E-state index is 0.223. The molecule has 4 aliphatic rings. The van der Waals surface area contributed by atoms with Crippen molar-refractivity contribution in [3.8, 4) is 34.3 Å². The molecule has 1 aromatic heterocycles. The molecule has 63 heavy (non-hydrogen) atoms. The second kappa shape index (κ2) is 26.6. The molecule has 4 atom stereocenters. The molecule has 4 fully saturated rings. The van der Waals surface area contributed by atoms with Crippen molar-refractivity contribution in [3.63, 3.8) is 0 Å². The maximum absolute atomic E-state index is 15.2. The molecule has 0 spiro atoms. The second-order valence-electron chi connectivity index (χ2n) is 18.5. The number of fused-ring (bicyclic) bond motifs is 1. The molecule has 0 radical (unpaired) electrons. The van der Waals surface area contributed by atoms with Crippen LogP contribution in [0.5, 0.6) is 23.0 Å². The first kappa shape index (κ1) is 47.6. The standard InChI is InChI=1S/C53H79NO9/c1-2-3-4-5-6-7-8-9-10-11-12-13-14-15-16-21-34-54-44-39-43(61-47-27-18-23-36-57-47)40-45(62-48-28-19-24-37-58-48)50(44)52(55)53(63-49-29-20-25-38-59-49)51(54)41-30-32-42(33-31-41)60-46-26-17-22-35-56-46/h30-33,39-40,46-49H,2-29,34-38H2,1H3. The summed E-state index contributed by atoms with van der Waals surface area (Å²) in [5.74, 6) is 2.09. The van der Waals surface area contributed by atoms with Gasteiger partial charge in [0.1, 0.15) is 17.2 Å². The molecule has 0 amide bonds. The minimum Gasteiger partial charge on any atom is -0.465 e. The van der Waals surface area contributed by atoms with Crippen LogP contribution in [0.2, 0.25) is 0 Å². The molecule has 0 N–H and O–H groups in total. The van der Waals surface area contributed by atoms with Crippen LogP contribution in [0.4, 0.5) is 0 Å². The van der Waals surface area contributed by atoms with E-state index in [1.165, 1.54) is 89.9 Å². The maximum Gasteiger partial charge on any atom is 0.235 e. The van der Waals surface area contributed by atoms with E-state index in [1.54, 1.807) is 0 Å². The highest BCUT2D eigenvalue weighted by Gasteiger charge is 2.29. The molecule has 4 aliphatic heterocycles. The van der Waals surface area contributed by atoms with Crippen molar-refractivity contribution in [2.45, 2.75) is 218 Å². The molecule has 0 aliphatic carbocycles. The smallest absolute Gasteiger partial charge is 0.235 e. The number of benzene rings is 2. The van der Waals surface area contributed by atoms with Crippen LogP contribution < -0.4 is 24.4 Å². The predicted molar refractivity (Wildman–Crippen MR) is 250 cm³/mol. The monoisotopic (exact) mass is 874 g/mol. The lowest BCUT2D eigenvalue weighted by atomic mass is 10.0. The van der Waals surface area contributed by atoms with Gasteiger partial charge in [-0.25, -0.2) is 0 Å². The van der Waals surface area contributed by atoms with Gasteiger partial charge in [-0.05, 0) is 82.1 Å². The normalized spacial score (nSPS) is 21.9. The summed E-state index contributed by atoms with van der Waals surface area (Å²) in [6, 6.07) is 11.9. The molecule has 7 rings (SSSR count). The SMILES string of the molecule is CCCCCCCCCCCCCCCCCCn1c(-c2ccc(OC3CCCCO3)cc2)c(OC2CCCCO2)c(=O)c2c(OC3CCCCO3)cc(OC3CCCCO3)cc21. The lowest BCUT2D eigenvalue weighted by molar-refractivity contribution is -0.108. The van der Waals surface area contributed by atoms with Crippen molar-refractivity contribution in [2.24, 2.45) is 0 Å². The molecule has 4 saturated heterocycles. The summed E-state index contributed by atoms with van der Waals surface area (Å²) in [5.41, 5.74) is 2.13. The summed E-state index contributed by atoms with van der Waals surface area (Å²) >= 11 is 0. The van der Waals surface area contributed by atoms with Gasteiger partial charge in [-0.3, -0.25) is 4.79 Å². The number of unbranched alkanes of at least 4 members (excludes halogenated alkanes) is 15. The van der Waals surface area contributed by atoms with Gasteiger partial charge in [-0.2, -0.15) is 0 Å². The van der Waals surface area contributed by atoms with Crippen LogP contribution in [0.1, 0.15) is 187 Å². The van der Waals surface area contributed by atoms with Crippen LogP contribution in [0.3, 0.4) is 0 Å². The summed E-state index contributed by atoms with van der Waals surface area (Å²) < 4.78 is 52.7. The highest BCUT2D eigenvalue weighted by atomic mass is 16.7. The Balaban J connectivity index is 1.15. The van der Waals surface area contributed by atoms with E-state index >= 15 is 4.79 Å². The van der Waals surface area contributed by atoms with Gasteiger partial charge in [0.15, 0.2) is 30.9 Å². The van der Waals surface area contributed by atoms with Crippen LogP contribution >= 0.6 is 0 Å². The quantitative estimate of drug-likeness (QED) is 0.0731. The van der Waals surface area contributed by atoms with Gasteiger partial charge in [0, 0.05) is 49.9 Å². The zero-order valence-electron chi connectivity index (χ0n) is 38.7. The molecule has 4 unspecified atom stereocenters. The Kier molecular flexibility index (Phi) is 20.1. The Morgan fingerprint density at radius 2 is 0.952 bits per heavy atom. The number of aromatic nitrogens is 1. The molecule has 3 aromatic rings. The Morgan fingerprint density at radius 3 is 1.43 bits per heavy atom. The summed E-state index contributed by atoms with van der Waals surface area (Å²) in [4.78, 5) is 15.2. The molecule has 0 saturated carbocycles. The van der Waals surface area contributed by atoms with Crippen LogP contribution in [-0.4, -0.2) is 56.2 Å². The number of ether oxygens (including phenoxy) is 8. The van der Waals surface area contributed by atoms with Crippen molar-refractivity contribution in [1.82, 2.24) is 4.57 Å². The fourth-order valence-corrected chi connectivity index (χ4v) is 9.57. The van der Waals surface area contributed by atoms with Crippen molar-refractivity contribution >= 4 is 10.9 Å². The van der Waals surface area contributed by atoms with Gasteiger partial charge in [0.05, 0.1) is 43.0 Å². The van der Waals surface area contributed by atoms with E-state index in [0.717, 1.165) is 112 Å². The first-order valence-corrected chi connectivity index (χ1v) is 25.6. The molecule has 5 heterocycles. The molecular weight excluding hydrogens is 795 g/mol. The fraction of sp³-hybridized carbons (Fsp3) is 0.717. The zero-order chi connectivity index (χ0) is 43.3. The molecule has 2 aromatic carbocycles. The third-order valence-corrected chi connectivity index (χ3v) is 13.2. The van der Waals surface area contributed by atoms with E-state index in [9.17, 15) is 0 Å². The van der Waals surface area contributed by atoms with Gasteiger partial charge in [0.2, 0.25) is 5.43 Å². The van der Waals surface area contributed by atoms with Gasteiger partial charge in [0.25, 0.3) is 0 Å². The van der Waals surface area contributed by atoms with E-state index in [4.69, 9.17) is 37.9 Å². The molecular formula is C53H79NO9. The average Bonchev–Trinajstić information content (AvgIpc) is 3.32. The van der Waals surface area contributed by atoms with Crippen LogP contribution in [-0.2, 0) is 25.5 Å². The van der Waals surface area contributed by atoms with Crippen LogP contribution in [0, 0.1) is 0 Å². The third kappa shape index (κ3) is 14.9. The topological polar surface area (TPSA) is 95.8 Å². The number of nitrogens with zero attached hydrogens (tertiary/aromatic N) is 1.